The predicted octanol–water partition coefficient (Wildman–Crippen LogP) is 2.22. The highest BCUT2D eigenvalue weighted by Gasteiger charge is 2.19. The van der Waals surface area contributed by atoms with Crippen LogP contribution in [0.1, 0.15) is 5.69 Å². The molecule has 0 saturated heterocycles. The van der Waals surface area contributed by atoms with E-state index in [1.54, 1.807) is 7.05 Å². The van der Waals surface area contributed by atoms with Gasteiger partial charge in [-0.15, -0.1) is 0 Å². The molecule has 0 saturated carbocycles. The lowest BCUT2D eigenvalue weighted by molar-refractivity contribution is 0.272. The molecule has 0 aliphatic heterocycles. The quantitative estimate of drug-likeness (QED) is 0.875. The number of hydrogen-bond donors (Lipinski definition) is 2. The van der Waals surface area contributed by atoms with Crippen LogP contribution < -0.4 is 4.72 Å². The molecule has 0 fully saturated rings. The molecule has 1 aromatic carbocycles. The van der Waals surface area contributed by atoms with E-state index in [1.165, 1.54) is 29.0 Å². The van der Waals surface area contributed by atoms with E-state index in [4.69, 9.17) is 5.11 Å². The van der Waals surface area contributed by atoms with E-state index >= 15 is 0 Å². The zero-order valence-corrected chi connectivity index (χ0v) is 12.9. The molecule has 2 N–H and O–H groups in total. The molecule has 0 aliphatic rings. The van der Waals surface area contributed by atoms with Gasteiger partial charge >= 0.3 is 0 Å². The third kappa shape index (κ3) is 3.02. The molecule has 0 atom stereocenters. The van der Waals surface area contributed by atoms with Crippen LogP contribution in [0.25, 0.3) is 0 Å². The summed E-state index contributed by atoms with van der Waals surface area (Å²) in [6.07, 6.45) is 1.35. The average molecular weight is 363 g/mol. The Morgan fingerprint density at radius 3 is 2.70 bits per heavy atom. The minimum Gasteiger partial charge on any atom is -0.390 e. The molecule has 1 aromatic heterocycles. The van der Waals surface area contributed by atoms with Crippen LogP contribution in [0.3, 0.4) is 0 Å². The molecule has 20 heavy (non-hydrogen) atoms. The van der Waals surface area contributed by atoms with Crippen molar-refractivity contribution in [3.63, 3.8) is 0 Å². The van der Waals surface area contributed by atoms with Crippen molar-refractivity contribution in [2.45, 2.75) is 11.5 Å². The molecule has 8 heteroatoms. The highest BCUT2D eigenvalue weighted by molar-refractivity contribution is 9.10. The summed E-state index contributed by atoms with van der Waals surface area (Å²) in [4.78, 5) is -0.0385. The maximum atomic E-state index is 13.6. The number of aliphatic hydroxyl groups is 1. The van der Waals surface area contributed by atoms with Gasteiger partial charge < -0.3 is 9.67 Å². The number of sulfonamides is 1. The first-order chi connectivity index (χ1) is 9.33. The van der Waals surface area contributed by atoms with Crippen LogP contribution in [0.2, 0.25) is 0 Å². The van der Waals surface area contributed by atoms with Gasteiger partial charge in [-0.2, -0.15) is 0 Å². The maximum Gasteiger partial charge on any atom is 0.263 e. The van der Waals surface area contributed by atoms with Gasteiger partial charge in [-0.1, -0.05) is 15.9 Å². The van der Waals surface area contributed by atoms with Gasteiger partial charge in [0, 0.05) is 23.4 Å². The van der Waals surface area contributed by atoms with Crippen molar-refractivity contribution in [3.8, 4) is 0 Å². The lowest BCUT2D eigenvalue weighted by Gasteiger charge is -2.07. The number of nitrogens with zero attached hydrogens (tertiary/aromatic N) is 1. The summed E-state index contributed by atoms with van der Waals surface area (Å²) in [7, 11) is -2.29. The predicted molar refractivity (Wildman–Crippen MR) is 76.2 cm³/mol. The Labute approximate surface area is 124 Å². The summed E-state index contributed by atoms with van der Waals surface area (Å²) in [5.41, 5.74) is 0.300. The van der Waals surface area contributed by atoms with Crippen molar-refractivity contribution < 1.29 is 17.9 Å². The number of nitrogens with one attached hydrogen (secondary N) is 1. The van der Waals surface area contributed by atoms with Crippen LogP contribution in [-0.2, 0) is 23.7 Å². The van der Waals surface area contributed by atoms with E-state index in [0.29, 0.717) is 10.2 Å². The van der Waals surface area contributed by atoms with Crippen LogP contribution in [0.15, 0.2) is 39.8 Å². The summed E-state index contributed by atoms with van der Waals surface area (Å²) < 4.78 is 42.1. The molecule has 5 nitrogen and oxygen atoms in total. The van der Waals surface area contributed by atoms with Crippen molar-refractivity contribution in [1.29, 1.82) is 0 Å². The monoisotopic (exact) mass is 362 g/mol. The zero-order chi connectivity index (χ0) is 14.9. The van der Waals surface area contributed by atoms with Crippen LogP contribution >= 0.6 is 15.9 Å². The molecule has 0 bridgehead atoms. The third-order valence-corrected chi connectivity index (χ3v) is 4.55. The number of rotatable bonds is 4. The molecule has 0 unspecified atom stereocenters. The SMILES string of the molecule is Cn1cc(S(=O)(=O)Nc2cc(Br)ccc2F)cc1CO. The zero-order valence-electron chi connectivity index (χ0n) is 10.5. The van der Waals surface area contributed by atoms with Crippen molar-refractivity contribution in [2.24, 2.45) is 7.05 Å². The molecule has 108 valence electrons. The first-order valence-electron chi connectivity index (χ1n) is 5.57. The van der Waals surface area contributed by atoms with Crippen LogP contribution in [-0.4, -0.2) is 18.1 Å². The van der Waals surface area contributed by atoms with Gasteiger partial charge in [-0.25, -0.2) is 12.8 Å². The Morgan fingerprint density at radius 2 is 2.10 bits per heavy atom. The summed E-state index contributed by atoms with van der Waals surface area (Å²) in [6, 6.07) is 5.30. The van der Waals surface area contributed by atoms with Gasteiger partial charge in [0.1, 0.15) is 10.7 Å². The molecule has 0 radical (unpaired) electrons. The molecule has 2 aromatic rings. The standard InChI is InChI=1S/C12H12BrFN2O3S/c1-16-6-10(5-9(16)7-17)20(18,19)15-12-4-8(13)2-3-11(12)14/h2-6,15,17H,7H2,1H3. The van der Waals surface area contributed by atoms with Gasteiger partial charge in [0.05, 0.1) is 12.3 Å². The Balaban J connectivity index is 2.37. The maximum absolute atomic E-state index is 13.6. The largest absolute Gasteiger partial charge is 0.390 e. The summed E-state index contributed by atoms with van der Waals surface area (Å²) >= 11 is 3.15. The van der Waals surface area contributed by atoms with Crippen LogP contribution in [0, 0.1) is 5.82 Å². The molecule has 0 amide bonds. The lowest BCUT2D eigenvalue weighted by atomic mass is 10.3. The van der Waals surface area contributed by atoms with Gasteiger partial charge in [0.15, 0.2) is 0 Å². The molecule has 0 aliphatic carbocycles. The summed E-state index contributed by atoms with van der Waals surface area (Å²) in [5.74, 6) is -0.671. The number of benzene rings is 1. The van der Waals surface area contributed by atoms with Gasteiger partial charge in [0.25, 0.3) is 10.0 Å². The first-order valence-corrected chi connectivity index (χ1v) is 7.85. The fourth-order valence-electron chi connectivity index (χ4n) is 1.66. The topological polar surface area (TPSA) is 71.3 Å². The van der Waals surface area contributed by atoms with E-state index in [2.05, 4.69) is 20.7 Å². The van der Waals surface area contributed by atoms with E-state index in [-0.39, 0.29) is 17.2 Å². The Bertz CT molecular complexity index is 743. The summed E-state index contributed by atoms with van der Waals surface area (Å²) in [5, 5.41) is 9.07. The first kappa shape index (κ1) is 15.0. The molecular formula is C12H12BrFN2O3S. The van der Waals surface area contributed by atoms with Gasteiger partial charge in [-0.05, 0) is 24.3 Å². The average Bonchev–Trinajstić information content (AvgIpc) is 2.76. The van der Waals surface area contributed by atoms with Crippen molar-refractivity contribution >= 4 is 31.6 Å². The van der Waals surface area contributed by atoms with Gasteiger partial charge in [-0.3, -0.25) is 4.72 Å². The number of aryl methyl sites for hydroxylation is 1. The Kier molecular flexibility index (Phi) is 4.17. The third-order valence-electron chi connectivity index (χ3n) is 2.73. The second-order valence-corrected chi connectivity index (χ2v) is 6.76. The fraction of sp³-hybridized carbons (Fsp3) is 0.167. The second kappa shape index (κ2) is 5.55. The molecule has 0 spiro atoms. The normalized spacial score (nSPS) is 11.6. The minimum absolute atomic E-state index is 0.0385. The molecule has 2 rings (SSSR count). The lowest BCUT2D eigenvalue weighted by Crippen LogP contribution is -2.13. The number of anilines is 1. The minimum atomic E-state index is -3.91. The molecule has 1 heterocycles. The smallest absolute Gasteiger partial charge is 0.263 e. The molecular weight excluding hydrogens is 351 g/mol. The number of aliphatic hydroxyl groups excluding tert-OH is 1. The van der Waals surface area contributed by atoms with E-state index in [1.807, 2.05) is 0 Å². The van der Waals surface area contributed by atoms with E-state index in [9.17, 15) is 12.8 Å². The number of halogens is 2. The van der Waals surface area contributed by atoms with E-state index < -0.39 is 15.8 Å². The van der Waals surface area contributed by atoms with Gasteiger partial charge in [0.2, 0.25) is 0 Å². The highest BCUT2D eigenvalue weighted by Crippen LogP contribution is 2.23. The fourth-order valence-corrected chi connectivity index (χ4v) is 3.17. The summed E-state index contributed by atoms with van der Waals surface area (Å²) in [6.45, 7) is -0.280. The number of aromatic nitrogens is 1. The Hall–Kier alpha value is -1.38. The van der Waals surface area contributed by atoms with Crippen molar-refractivity contribution in [3.05, 3.63) is 46.4 Å². The van der Waals surface area contributed by atoms with Crippen LogP contribution in [0.5, 0.6) is 0 Å². The Morgan fingerprint density at radius 1 is 1.40 bits per heavy atom. The van der Waals surface area contributed by atoms with E-state index in [0.717, 1.165) is 6.07 Å². The highest BCUT2D eigenvalue weighted by atomic mass is 79.9. The van der Waals surface area contributed by atoms with Crippen LogP contribution in [0.4, 0.5) is 10.1 Å². The van der Waals surface area contributed by atoms with Crippen molar-refractivity contribution in [1.82, 2.24) is 4.57 Å². The van der Waals surface area contributed by atoms with Crippen molar-refractivity contribution in [2.75, 3.05) is 4.72 Å². The second-order valence-electron chi connectivity index (χ2n) is 4.17. The number of hydrogen-bond acceptors (Lipinski definition) is 3.